The summed E-state index contributed by atoms with van der Waals surface area (Å²) in [5, 5.41) is 4.51. The molecule has 0 atom stereocenters. The first-order valence-corrected chi connectivity index (χ1v) is 8.98. The van der Waals surface area contributed by atoms with E-state index >= 15 is 0 Å². The Kier molecular flexibility index (Phi) is 4.36. The maximum Gasteiger partial charge on any atom is 0.270 e. The molecule has 0 N–H and O–H groups in total. The number of amides is 1. The molecular formula is C18H13N5OS2. The van der Waals surface area contributed by atoms with Crippen molar-refractivity contribution < 1.29 is 4.79 Å². The summed E-state index contributed by atoms with van der Waals surface area (Å²) in [6, 6.07) is 7.37. The van der Waals surface area contributed by atoms with Crippen molar-refractivity contribution in [2.75, 3.05) is 4.90 Å². The van der Waals surface area contributed by atoms with Crippen LogP contribution in [0, 0.1) is 0 Å². The average molecular weight is 379 g/mol. The van der Waals surface area contributed by atoms with Crippen molar-refractivity contribution >= 4 is 46.0 Å². The van der Waals surface area contributed by atoms with Gasteiger partial charge in [-0.1, -0.05) is 24.0 Å². The van der Waals surface area contributed by atoms with Crippen LogP contribution in [0.25, 0.3) is 17.3 Å². The van der Waals surface area contributed by atoms with E-state index in [9.17, 15) is 4.79 Å². The molecule has 3 aromatic heterocycles. The first kappa shape index (κ1) is 16.6. The van der Waals surface area contributed by atoms with Crippen LogP contribution in [-0.2, 0) is 11.8 Å². The molecule has 0 bridgehead atoms. The Bertz CT molecular complexity index is 1010. The highest BCUT2D eigenvalue weighted by Crippen LogP contribution is 2.36. The monoisotopic (exact) mass is 379 g/mol. The van der Waals surface area contributed by atoms with E-state index in [1.54, 1.807) is 35.5 Å². The Balaban J connectivity index is 1.72. The molecule has 0 spiro atoms. The van der Waals surface area contributed by atoms with Crippen LogP contribution >= 0.6 is 24.0 Å². The van der Waals surface area contributed by atoms with Crippen LogP contribution in [0.1, 0.15) is 5.56 Å². The number of pyridine rings is 2. The van der Waals surface area contributed by atoms with Crippen molar-refractivity contribution in [3.8, 4) is 11.3 Å². The number of thioether (sulfide) groups is 1. The Hall–Kier alpha value is -2.84. The lowest BCUT2D eigenvalue weighted by atomic mass is 10.1. The minimum atomic E-state index is -0.155. The quantitative estimate of drug-likeness (QED) is 0.514. The highest BCUT2D eigenvalue weighted by Gasteiger charge is 2.33. The Labute approximate surface area is 159 Å². The average Bonchev–Trinajstić information content (AvgIpc) is 3.16. The zero-order valence-electron chi connectivity index (χ0n) is 13.7. The van der Waals surface area contributed by atoms with Gasteiger partial charge in [-0.3, -0.25) is 24.3 Å². The second kappa shape index (κ2) is 6.81. The molecule has 128 valence electrons. The zero-order chi connectivity index (χ0) is 18.1. The predicted molar refractivity (Wildman–Crippen MR) is 106 cm³/mol. The SMILES string of the molecule is Cn1cc(C=C2SC(=S)N(c3cccnc3)C2=O)c(-c2ccncc2)n1. The molecule has 8 heteroatoms. The smallest absolute Gasteiger partial charge is 0.270 e. The summed E-state index contributed by atoms with van der Waals surface area (Å²) in [7, 11) is 1.85. The molecule has 1 amide bonds. The minimum Gasteiger partial charge on any atom is -0.275 e. The van der Waals surface area contributed by atoms with Crippen molar-refractivity contribution in [2.24, 2.45) is 7.05 Å². The van der Waals surface area contributed by atoms with Crippen LogP contribution in [-0.4, -0.2) is 30.0 Å². The molecule has 0 radical (unpaired) electrons. The number of thiocarbonyl (C=S) groups is 1. The Morgan fingerprint density at radius 2 is 1.96 bits per heavy atom. The molecular weight excluding hydrogens is 366 g/mol. The number of anilines is 1. The topological polar surface area (TPSA) is 63.9 Å². The van der Waals surface area contributed by atoms with E-state index < -0.39 is 0 Å². The van der Waals surface area contributed by atoms with E-state index in [1.165, 1.54) is 16.7 Å². The maximum atomic E-state index is 12.9. The van der Waals surface area contributed by atoms with Crippen LogP contribution in [0.15, 0.2) is 60.2 Å². The second-order valence-corrected chi connectivity index (χ2v) is 7.25. The van der Waals surface area contributed by atoms with Crippen LogP contribution in [0.2, 0.25) is 0 Å². The van der Waals surface area contributed by atoms with Gasteiger partial charge in [0, 0.05) is 43.0 Å². The third-order valence-corrected chi connectivity index (χ3v) is 5.10. The zero-order valence-corrected chi connectivity index (χ0v) is 15.4. The summed E-state index contributed by atoms with van der Waals surface area (Å²) in [6.07, 6.45) is 10.4. The number of aryl methyl sites for hydroxylation is 1. The van der Waals surface area contributed by atoms with Gasteiger partial charge in [-0.05, 0) is 30.3 Å². The fourth-order valence-electron chi connectivity index (χ4n) is 2.66. The summed E-state index contributed by atoms with van der Waals surface area (Å²) in [5.74, 6) is -0.155. The first-order valence-electron chi connectivity index (χ1n) is 7.75. The fourth-order valence-corrected chi connectivity index (χ4v) is 3.95. The number of carbonyl (C=O) groups is 1. The standard InChI is InChI=1S/C18H13N5OS2/c1-22-11-13(16(21-22)12-4-7-19-8-5-12)9-15-17(24)23(18(25)26-15)14-3-2-6-20-10-14/h2-11H,1H3. The van der Waals surface area contributed by atoms with E-state index in [0.717, 1.165) is 16.8 Å². The molecule has 4 rings (SSSR count). The number of nitrogens with zero attached hydrogens (tertiary/aromatic N) is 5. The van der Waals surface area contributed by atoms with Crippen molar-refractivity contribution in [3.63, 3.8) is 0 Å². The molecule has 0 saturated carbocycles. The van der Waals surface area contributed by atoms with Gasteiger partial charge in [-0.2, -0.15) is 5.10 Å². The van der Waals surface area contributed by atoms with Crippen LogP contribution < -0.4 is 4.90 Å². The lowest BCUT2D eigenvalue weighted by Gasteiger charge is -2.13. The van der Waals surface area contributed by atoms with Crippen molar-refractivity contribution in [1.29, 1.82) is 0 Å². The third-order valence-electron chi connectivity index (χ3n) is 3.80. The number of hydrogen-bond acceptors (Lipinski definition) is 6. The Morgan fingerprint density at radius 3 is 2.69 bits per heavy atom. The highest BCUT2D eigenvalue weighted by molar-refractivity contribution is 8.27. The first-order chi connectivity index (χ1) is 12.6. The summed E-state index contributed by atoms with van der Waals surface area (Å²) in [6.45, 7) is 0. The molecule has 1 aliphatic heterocycles. The molecule has 3 aromatic rings. The molecule has 1 fully saturated rings. The summed E-state index contributed by atoms with van der Waals surface area (Å²) < 4.78 is 2.22. The second-order valence-electron chi connectivity index (χ2n) is 5.57. The molecule has 0 aliphatic carbocycles. The fraction of sp³-hybridized carbons (Fsp3) is 0.0556. The van der Waals surface area contributed by atoms with E-state index in [-0.39, 0.29) is 5.91 Å². The largest absolute Gasteiger partial charge is 0.275 e. The molecule has 4 heterocycles. The van der Waals surface area contributed by atoms with Gasteiger partial charge in [0.2, 0.25) is 0 Å². The van der Waals surface area contributed by atoms with Gasteiger partial charge >= 0.3 is 0 Å². The van der Waals surface area contributed by atoms with Crippen molar-refractivity contribution in [2.45, 2.75) is 0 Å². The Morgan fingerprint density at radius 1 is 1.15 bits per heavy atom. The number of rotatable bonds is 3. The van der Waals surface area contributed by atoms with Crippen LogP contribution in [0.4, 0.5) is 5.69 Å². The molecule has 0 aromatic carbocycles. The molecule has 6 nitrogen and oxygen atoms in total. The van der Waals surface area contributed by atoms with E-state index in [4.69, 9.17) is 12.2 Å². The summed E-state index contributed by atoms with van der Waals surface area (Å²) in [5.41, 5.74) is 3.25. The van der Waals surface area contributed by atoms with Gasteiger partial charge in [0.05, 0.1) is 22.5 Å². The van der Waals surface area contributed by atoms with Crippen molar-refractivity contribution in [3.05, 3.63) is 65.7 Å². The van der Waals surface area contributed by atoms with Gasteiger partial charge in [0.15, 0.2) is 4.32 Å². The van der Waals surface area contributed by atoms with Crippen molar-refractivity contribution in [1.82, 2.24) is 19.7 Å². The van der Waals surface area contributed by atoms with Gasteiger partial charge in [0.1, 0.15) is 0 Å². The summed E-state index contributed by atoms with van der Waals surface area (Å²) in [4.78, 5) is 23.0. The third kappa shape index (κ3) is 3.04. The van der Waals surface area contributed by atoms with E-state index in [1.807, 2.05) is 37.5 Å². The van der Waals surface area contributed by atoms with Crippen LogP contribution in [0.3, 0.4) is 0 Å². The number of aromatic nitrogens is 4. The molecule has 0 unspecified atom stereocenters. The van der Waals surface area contributed by atoms with E-state index in [0.29, 0.717) is 14.9 Å². The number of hydrogen-bond donors (Lipinski definition) is 0. The van der Waals surface area contributed by atoms with Gasteiger partial charge in [0.25, 0.3) is 5.91 Å². The van der Waals surface area contributed by atoms with Gasteiger partial charge in [-0.15, -0.1) is 0 Å². The normalized spacial score (nSPS) is 15.9. The van der Waals surface area contributed by atoms with E-state index in [2.05, 4.69) is 15.1 Å². The molecule has 26 heavy (non-hydrogen) atoms. The maximum absolute atomic E-state index is 12.9. The minimum absolute atomic E-state index is 0.155. The molecule has 1 aliphatic rings. The highest BCUT2D eigenvalue weighted by atomic mass is 32.2. The molecule has 1 saturated heterocycles. The lowest BCUT2D eigenvalue weighted by Crippen LogP contribution is -2.27. The van der Waals surface area contributed by atoms with Crippen LogP contribution in [0.5, 0.6) is 0 Å². The predicted octanol–water partition coefficient (Wildman–Crippen LogP) is 3.28. The van der Waals surface area contributed by atoms with Gasteiger partial charge in [-0.25, -0.2) is 0 Å². The lowest BCUT2D eigenvalue weighted by molar-refractivity contribution is -0.113. The number of carbonyl (C=O) groups excluding carboxylic acids is 1. The van der Waals surface area contributed by atoms with Gasteiger partial charge < -0.3 is 0 Å². The summed E-state index contributed by atoms with van der Waals surface area (Å²) >= 11 is 6.67.